The number of carbonyl (C=O) groups is 1. The van der Waals surface area contributed by atoms with Gasteiger partial charge in [-0.1, -0.05) is 26.0 Å². The lowest BCUT2D eigenvalue weighted by Crippen LogP contribution is -2.47. The molecular weight excluding hydrogens is 454 g/mol. The minimum atomic E-state index is -3.64. The number of carbonyl (C=O) groups excluding carboxylic acids is 1. The first-order valence-corrected chi connectivity index (χ1v) is 13.1. The van der Waals surface area contributed by atoms with Gasteiger partial charge in [0.1, 0.15) is 11.9 Å². The highest BCUT2D eigenvalue weighted by Gasteiger charge is 2.32. The van der Waals surface area contributed by atoms with Crippen molar-refractivity contribution >= 4 is 27.7 Å². The molecule has 2 N–H and O–H groups in total. The maximum atomic E-state index is 12.9. The maximum absolute atomic E-state index is 12.9. The van der Waals surface area contributed by atoms with Crippen LogP contribution in [0.2, 0.25) is 0 Å². The number of nitrogens with zero attached hydrogens (tertiary/aromatic N) is 5. The summed E-state index contributed by atoms with van der Waals surface area (Å²) in [5.41, 5.74) is 0.501. The van der Waals surface area contributed by atoms with E-state index in [1.165, 1.54) is 6.07 Å². The van der Waals surface area contributed by atoms with Gasteiger partial charge in [0.15, 0.2) is 0 Å². The molecular formula is C23H31N7O3S. The number of aromatic nitrogens is 2. The van der Waals surface area contributed by atoms with Crippen LogP contribution in [0.25, 0.3) is 0 Å². The SMILES string of the molecule is CC(C)[C@H](N=C1NS(=O)(=O)c2ccccc21)C(=O)NCCCN1CCN(c2ncccn2)CC1. The van der Waals surface area contributed by atoms with E-state index in [9.17, 15) is 13.2 Å². The fourth-order valence-electron chi connectivity index (χ4n) is 4.12. The van der Waals surface area contributed by atoms with Crippen molar-refractivity contribution in [1.29, 1.82) is 0 Å². The molecule has 1 saturated heterocycles. The summed E-state index contributed by atoms with van der Waals surface area (Å²) in [5, 5.41) is 2.98. The summed E-state index contributed by atoms with van der Waals surface area (Å²) in [6.07, 6.45) is 4.34. The van der Waals surface area contributed by atoms with Crippen molar-refractivity contribution in [1.82, 2.24) is 24.9 Å². The molecule has 2 aliphatic rings. The molecule has 1 aromatic heterocycles. The Morgan fingerprint density at radius 2 is 1.82 bits per heavy atom. The second-order valence-corrected chi connectivity index (χ2v) is 10.4. The van der Waals surface area contributed by atoms with Gasteiger partial charge < -0.3 is 10.2 Å². The van der Waals surface area contributed by atoms with Gasteiger partial charge in [0.25, 0.3) is 10.0 Å². The molecule has 1 atom stereocenters. The molecule has 0 unspecified atom stereocenters. The van der Waals surface area contributed by atoms with E-state index in [0.717, 1.165) is 45.1 Å². The van der Waals surface area contributed by atoms with Crippen molar-refractivity contribution in [2.24, 2.45) is 10.9 Å². The highest BCUT2D eigenvalue weighted by atomic mass is 32.2. The lowest BCUT2D eigenvalue weighted by Gasteiger charge is -2.34. The molecule has 3 heterocycles. The van der Waals surface area contributed by atoms with Crippen LogP contribution in [0.5, 0.6) is 0 Å². The number of hydrogen-bond donors (Lipinski definition) is 2. The number of piperazine rings is 1. The van der Waals surface area contributed by atoms with Gasteiger partial charge in [-0.05, 0) is 37.1 Å². The quantitative estimate of drug-likeness (QED) is 0.533. The van der Waals surface area contributed by atoms with Crippen LogP contribution >= 0.6 is 0 Å². The molecule has 2 aliphatic heterocycles. The van der Waals surface area contributed by atoms with E-state index in [1.54, 1.807) is 30.6 Å². The predicted molar refractivity (Wildman–Crippen MR) is 130 cm³/mol. The van der Waals surface area contributed by atoms with Gasteiger partial charge >= 0.3 is 0 Å². The average molecular weight is 486 g/mol. The predicted octanol–water partition coefficient (Wildman–Crippen LogP) is 0.868. The van der Waals surface area contributed by atoms with Crippen LogP contribution in [-0.2, 0) is 14.8 Å². The molecule has 2 aromatic rings. The number of hydrogen-bond acceptors (Lipinski definition) is 8. The summed E-state index contributed by atoms with van der Waals surface area (Å²) in [6, 6.07) is 7.80. The molecule has 0 radical (unpaired) electrons. The molecule has 10 nitrogen and oxygen atoms in total. The molecule has 0 saturated carbocycles. The number of aliphatic imine (C=N–C) groups is 1. The van der Waals surface area contributed by atoms with Gasteiger partial charge in [0.2, 0.25) is 11.9 Å². The Morgan fingerprint density at radius 1 is 1.12 bits per heavy atom. The van der Waals surface area contributed by atoms with Crippen molar-refractivity contribution in [2.75, 3.05) is 44.2 Å². The number of nitrogens with one attached hydrogen (secondary N) is 2. The largest absolute Gasteiger partial charge is 0.354 e. The lowest BCUT2D eigenvalue weighted by atomic mass is 10.0. The molecule has 1 fully saturated rings. The minimum absolute atomic E-state index is 0.0851. The number of anilines is 1. The van der Waals surface area contributed by atoms with Crippen LogP contribution in [0.4, 0.5) is 5.95 Å². The molecule has 11 heteroatoms. The summed E-state index contributed by atoms with van der Waals surface area (Å²) in [7, 11) is -3.64. The van der Waals surface area contributed by atoms with Crippen LogP contribution in [0.3, 0.4) is 0 Å². The fourth-order valence-corrected chi connectivity index (χ4v) is 5.36. The van der Waals surface area contributed by atoms with E-state index in [4.69, 9.17) is 0 Å². The van der Waals surface area contributed by atoms with Crippen molar-refractivity contribution in [3.05, 3.63) is 48.3 Å². The van der Waals surface area contributed by atoms with Gasteiger partial charge in [-0.3, -0.25) is 19.4 Å². The molecule has 4 rings (SSSR count). The molecule has 0 aliphatic carbocycles. The molecule has 34 heavy (non-hydrogen) atoms. The first kappa shape index (κ1) is 24.1. The minimum Gasteiger partial charge on any atom is -0.354 e. The monoisotopic (exact) mass is 485 g/mol. The Balaban J connectivity index is 1.27. The molecule has 182 valence electrons. The average Bonchev–Trinajstić information content (AvgIpc) is 3.11. The zero-order valence-corrected chi connectivity index (χ0v) is 20.3. The van der Waals surface area contributed by atoms with Gasteiger partial charge in [-0.25, -0.2) is 18.4 Å². The van der Waals surface area contributed by atoms with E-state index in [2.05, 4.69) is 34.8 Å². The highest BCUT2D eigenvalue weighted by Crippen LogP contribution is 2.23. The Kier molecular flexibility index (Phi) is 7.42. The number of rotatable bonds is 8. The third-order valence-electron chi connectivity index (χ3n) is 5.99. The Bertz CT molecular complexity index is 1130. The van der Waals surface area contributed by atoms with Crippen molar-refractivity contribution in [3.8, 4) is 0 Å². The molecule has 0 bridgehead atoms. The number of sulfonamides is 1. The zero-order chi connectivity index (χ0) is 24.1. The van der Waals surface area contributed by atoms with E-state index in [0.29, 0.717) is 12.1 Å². The zero-order valence-electron chi connectivity index (χ0n) is 19.5. The second kappa shape index (κ2) is 10.5. The number of amidine groups is 1. The van der Waals surface area contributed by atoms with Gasteiger partial charge in [-0.15, -0.1) is 0 Å². The summed E-state index contributed by atoms with van der Waals surface area (Å²) in [6.45, 7) is 8.83. The first-order valence-electron chi connectivity index (χ1n) is 11.6. The summed E-state index contributed by atoms with van der Waals surface area (Å²) in [5.74, 6) is 0.711. The topological polar surface area (TPSA) is 120 Å². The van der Waals surface area contributed by atoms with Crippen LogP contribution in [-0.4, -0.2) is 80.3 Å². The van der Waals surface area contributed by atoms with Crippen molar-refractivity contribution in [2.45, 2.75) is 31.2 Å². The normalized spacial score (nSPS) is 19.6. The Hall–Kier alpha value is -3.05. The number of amides is 1. The maximum Gasteiger partial charge on any atom is 0.263 e. The highest BCUT2D eigenvalue weighted by molar-refractivity contribution is 7.90. The third kappa shape index (κ3) is 5.53. The van der Waals surface area contributed by atoms with Gasteiger partial charge in [-0.2, -0.15) is 0 Å². The van der Waals surface area contributed by atoms with E-state index in [-0.39, 0.29) is 22.6 Å². The Morgan fingerprint density at radius 3 is 2.53 bits per heavy atom. The van der Waals surface area contributed by atoms with E-state index in [1.807, 2.05) is 19.9 Å². The summed E-state index contributed by atoms with van der Waals surface area (Å²) < 4.78 is 27.2. The van der Waals surface area contributed by atoms with Crippen molar-refractivity contribution in [3.63, 3.8) is 0 Å². The first-order chi connectivity index (χ1) is 16.3. The van der Waals surface area contributed by atoms with E-state index >= 15 is 0 Å². The van der Waals surface area contributed by atoms with Crippen LogP contribution < -0.4 is 14.9 Å². The second-order valence-electron chi connectivity index (χ2n) is 8.79. The summed E-state index contributed by atoms with van der Waals surface area (Å²) >= 11 is 0. The fraction of sp³-hybridized carbons (Fsp3) is 0.478. The number of fused-ring (bicyclic) bond motifs is 1. The smallest absolute Gasteiger partial charge is 0.263 e. The lowest BCUT2D eigenvalue weighted by molar-refractivity contribution is -0.123. The van der Waals surface area contributed by atoms with Crippen LogP contribution in [0, 0.1) is 5.92 Å². The van der Waals surface area contributed by atoms with E-state index < -0.39 is 16.1 Å². The standard InChI is InChI=1S/C23H31N7O3S/c1-17(2)20(27-21-18-7-3-4-8-19(18)34(32,33)28-21)22(31)24-11-6-12-29-13-15-30(16-14-29)23-25-9-5-10-26-23/h3-5,7-10,17,20H,6,11-16H2,1-2H3,(H,24,31)(H,27,28)/t20-/m0/s1. The third-order valence-corrected chi connectivity index (χ3v) is 7.39. The number of benzene rings is 1. The molecule has 1 amide bonds. The Labute approximate surface area is 200 Å². The molecule has 1 aromatic carbocycles. The van der Waals surface area contributed by atoms with Gasteiger partial charge in [0, 0.05) is 50.7 Å². The van der Waals surface area contributed by atoms with Gasteiger partial charge in [0.05, 0.1) is 4.90 Å². The van der Waals surface area contributed by atoms with Crippen LogP contribution in [0.15, 0.2) is 52.6 Å². The summed E-state index contributed by atoms with van der Waals surface area (Å²) in [4.78, 5) is 30.7. The van der Waals surface area contributed by atoms with Crippen molar-refractivity contribution < 1.29 is 13.2 Å². The molecule has 0 spiro atoms. The van der Waals surface area contributed by atoms with Crippen LogP contribution in [0.1, 0.15) is 25.8 Å².